The van der Waals surface area contributed by atoms with Gasteiger partial charge in [0.2, 0.25) is 17.7 Å². The number of rotatable bonds is 6. The van der Waals surface area contributed by atoms with Crippen molar-refractivity contribution in [3.8, 4) is 0 Å². The van der Waals surface area contributed by atoms with Crippen LogP contribution in [0, 0.1) is 11.8 Å². The summed E-state index contributed by atoms with van der Waals surface area (Å²) < 4.78 is 6.32. The van der Waals surface area contributed by atoms with Crippen LogP contribution in [0.15, 0.2) is 42.5 Å². The van der Waals surface area contributed by atoms with Crippen molar-refractivity contribution in [2.45, 2.75) is 75.9 Å². The van der Waals surface area contributed by atoms with E-state index in [1.807, 2.05) is 56.3 Å². The van der Waals surface area contributed by atoms with Crippen LogP contribution < -0.4 is 10.6 Å². The summed E-state index contributed by atoms with van der Waals surface area (Å²) in [5, 5.41) is 6.14. The maximum absolute atomic E-state index is 13.6. The van der Waals surface area contributed by atoms with Crippen molar-refractivity contribution < 1.29 is 19.1 Å². The summed E-state index contributed by atoms with van der Waals surface area (Å²) in [5.74, 6) is -1.86. The van der Waals surface area contributed by atoms with Crippen LogP contribution in [0.5, 0.6) is 0 Å². The number of ether oxygens (including phenoxy) is 1. The molecule has 2 N–H and O–H groups in total. The van der Waals surface area contributed by atoms with Gasteiger partial charge in [-0.15, -0.1) is 0 Å². The number of amides is 3. The lowest BCUT2D eigenvalue weighted by molar-refractivity contribution is -0.143. The normalized spacial score (nSPS) is 33.2. The number of fused-ring (bicyclic) bond motifs is 1. The predicted octanol–water partition coefficient (Wildman–Crippen LogP) is 1.92. The van der Waals surface area contributed by atoms with Crippen LogP contribution in [0.1, 0.15) is 45.1 Å². The molecule has 32 heavy (non-hydrogen) atoms. The summed E-state index contributed by atoms with van der Waals surface area (Å²) >= 11 is 0. The van der Waals surface area contributed by atoms with Gasteiger partial charge in [0.15, 0.2) is 0 Å². The van der Waals surface area contributed by atoms with E-state index in [2.05, 4.69) is 10.6 Å². The van der Waals surface area contributed by atoms with Gasteiger partial charge < -0.3 is 20.3 Å². The minimum Gasteiger partial charge on any atom is -0.359 e. The second-order valence-corrected chi connectivity index (χ2v) is 9.73. The highest BCUT2D eigenvalue weighted by Gasteiger charge is 2.73. The number of hydrogen-bond acceptors (Lipinski definition) is 4. The van der Waals surface area contributed by atoms with Crippen molar-refractivity contribution in [1.29, 1.82) is 0 Å². The van der Waals surface area contributed by atoms with Crippen molar-refractivity contribution in [3.05, 3.63) is 48.0 Å². The maximum Gasteiger partial charge on any atom is 0.246 e. The fourth-order valence-corrected chi connectivity index (χ4v) is 6.01. The Morgan fingerprint density at radius 3 is 2.56 bits per heavy atom. The van der Waals surface area contributed by atoms with Gasteiger partial charge in [-0.1, -0.05) is 55.3 Å². The number of carbonyl (C=O) groups excluding carboxylic acids is 3. The van der Waals surface area contributed by atoms with E-state index in [9.17, 15) is 14.4 Å². The molecule has 7 heteroatoms. The Kier molecular flexibility index (Phi) is 5.32. The highest BCUT2D eigenvalue weighted by molar-refractivity contribution is 6.00. The second kappa shape index (κ2) is 8.03. The van der Waals surface area contributed by atoms with Crippen LogP contribution in [0.2, 0.25) is 0 Å². The standard InChI is InChI=1S/C25H31N3O4/c1-15(2)28-21(23(30)27-17-10-6-7-11-17)25-13-12-18(32-25)19(20(25)24(28)31)22(29)26-14-16-8-4-3-5-9-16/h3-5,8-9,12-13,15,17-21H,6-7,10-11,14H2,1-2H3,(H,26,29)(H,27,30)/t18-,19+,20+,21+,25+/m1/s1. The first-order valence-electron chi connectivity index (χ1n) is 11.7. The summed E-state index contributed by atoms with van der Waals surface area (Å²) in [6.45, 7) is 4.21. The number of nitrogens with zero attached hydrogens (tertiary/aromatic N) is 1. The molecule has 5 atom stereocenters. The first-order chi connectivity index (χ1) is 15.4. The molecule has 1 saturated carbocycles. The molecule has 3 amide bonds. The SMILES string of the molecule is CC(C)N1C(=O)[C@@H]2[C@@H](C(=O)NCc3ccccc3)[C@H]3C=C[C@@]2(O3)[C@@H]1C(=O)NC1CCCC1. The Bertz CT molecular complexity index is 940. The first-order valence-corrected chi connectivity index (χ1v) is 11.7. The smallest absolute Gasteiger partial charge is 0.246 e. The molecule has 4 aliphatic rings. The number of hydrogen-bond donors (Lipinski definition) is 2. The molecule has 2 saturated heterocycles. The Labute approximate surface area is 188 Å². The topological polar surface area (TPSA) is 87.7 Å². The number of benzene rings is 1. The Balaban J connectivity index is 1.40. The third-order valence-electron chi connectivity index (χ3n) is 7.43. The lowest BCUT2D eigenvalue weighted by Crippen LogP contribution is -2.57. The molecule has 1 aromatic carbocycles. The number of carbonyl (C=O) groups is 3. The maximum atomic E-state index is 13.6. The molecule has 170 valence electrons. The van der Waals surface area contributed by atoms with E-state index in [-0.39, 0.29) is 29.8 Å². The van der Waals surface area contributed by atoms with E-state index in [1.54, 1.807) is 4.90 Å². The molecule has 5 rings (SSSR count). The number of nitrogens with one attached hydrogen (secondary N) is 2. The third-order valence-corrected chi connectivity index (χ3v) is 7.43. The van der Waals surface area contributed by atoms with Crippen molar-refractivity contribution in [2.75, 3.05) is 0 Å². The molecule has 2 bridgehead atoms. The van der Waals surface area contributed by atoms with Gasteiger partial charge in [-0.3, -0.25) is 14.4 Å². The van der Waals surface area contributed by atoms with Crippen molar-refractivity contribution in [2.24, 2.45) is 11.8 Å². The molecule has 1 spiro atoms. The van der Waals surface area contributed by atoms with Crippen LogP contribution in [-0.4, -0.2) is 52.5 Å². The van der Waals surface area contributed by atoms with Crippen LogP contribution >= 0.6 is 0 Å². The molecular formula is C25H31N3O4. The van der Waals surface area contributed by atoms with Gasteiger partial charge in [0.1, 0.15) is 11.6 Å². The van der Waals surface area contributed by atoms with Crippen molar-refractivity contribution in [3.63, 3.8) is 0 Å². The molecule has 1 aliphatic carbocycles. The zero-order valence-electron chi connectivity index (χ0n) is 18.6. The monoisotopic (exact) mass is 437 g/mol. The van der Waals surface area contributed by atoms with Crippen LogP contribution in [-0.2, 0) is 25.7 Å². The molecular weight excluding hydrogens is 406 g/mol. The average Bonchev–Trinajstić information content (AvgIpc) is 3.54. The van der Waals surface area contributed by atoms with E-state index < -0.39 is 29.6 Å². The van der Waals surface area contributed by atoms with Gasteiger partial charge in [0, 0.05) is 18.6 Å². The Morgan fingerprint density at radius 2 is 1.88 bits per heavy atom. The minimum atomic E-state index is -1.08. The highest BCUT2D eigenvalue weighted by atomic mass is 16.5. The molecule has 0 aromatic heterocycles. The van der Waals surface area contributed by atoms with Gasteiger partial charge in [-0.25, -0.2) is 0 Å². The van der Waals surface area contributed by atoms with E-state index in [0.717, 1.165) is 31.2 Å². The summed E-state index contributed by atoms with van der Waals surface area (Å²) in [7, 11) is 0. The molecule has 3 fully saturated rings. The van der Waals surface area contributed by atoms with E-state index in [0.29, 0.717) is 6.54 Å². The summed E-state index contributed by atoms with van der Waals surface area (Å²) in [4.78, 5) is 41.9. The highest BCUT2D eigenvalue weighted by Crippen LogP contribution is 2.55. The summed E-state index contributed by atoms with van der Waals surface area (Å²) in [6, 6.07) is 8.89. The minimum absolute atomic E-state index is 0.148. The predicted molar refractivity (Wildman–Crippen MR) is 118 cm³/mol. The van der Waals surface area contributed by atoms with Gasteiger partial charge in [0.05, 0.1) is 17.9 Å². The lowest BCUT2D eigenvalue weighted by atomic mass is 9.74. The van der Waals surface area contributed by atoms with Gasteiger partial charge >= 0.3 is 0 Å². The number of likely N-dealkylation sites (tertiary alicyclic amines) is 1. The van der Waals surface area contributed by atoms with Crippen LogP contribution in [0.4, 0.5) is 0 Å². The van der Waals surface area contributed by atoms with Crippen LogP contribution in [0.25, 0.3) is 0 Å². The van der Waals surface area contributed by atoms with E-state index in [4.69, 9.17) is 4.74 Å². The van der Waals surface area contributed by atoms with Gasteiger partial charge in [-0.05, 0) is 32.3 Å². The zero-order valence-corrected chi connectivity index (χ0v) is 18.6. The summed E-state index contributed by atoms with van der Waals surface area (Å²) in [6.07, 6.45) is 7.38. The van der Waals surface area contributed by atoms with Gasteiger partial charge in [0.25, 0.3) is 0 Å². The molecule has 3 heterocycles. The van der Waals surface area contributed by atoms with Gasteiger partial charge in [-0.2, -0.15) is 0 Å². The molecule has 0 unspecified atom stereocenters. The first kappa shape index (κ1) is 21.2. The lowest BCUT2D eigenvalue weighted by Gasteiger charge is -2.34. The fourth-order valence-electron chi connectivity index (χ4n) is 6.01. The van der Waals surface area contributed by atoms with Crippen molar-refractivity contribution in [1.82, 2.24) is 15.5 Å². The summed E-state index contributed by atoms with van der Waals surface area (Å²) in [5.41, 5.74) is -0.0886. The van der Waals surface area contributed by atoms with E-state index in [1.165, 1.54) is 0 Å². The third kappa shape index (κ3) is 3.25. The molecule has 1 aromatic rings. The zero-order chi connectivity index (χ0) is 22.5. The second-order valence-electron chi connectivity index (χ2n) is 9.73. The van der Waals surface area contributed by atoms with Crippen molar-refractivity contribution >= 4 is 17.7 Å². The van der Waals surface area contributed by atoms with E-state index >= 15 is 0 Å². The largest absolute Gasteiger partial charge is 0.359 e. The Hall–Kier alpha value is -2.67. The average molecular weight is 438 g/mol. The Morgan fingerprint density at radius 1 is 1.16 bits per heavy atom. The quantitative estimate of drug-likeness (QED) is 0.666. The van der Waals surface area contributed by atoms with Crippen LogP contribution in [0.3, 0.4) is 0 Å². The molecule has 3 aliphatic heterocycles. The molecule has 7 nitrogen and oxygen atoms in total. The fraction of sp³-hybridized carbons (Fsp3) is 0.560. The molecule has 0 radical (unpaired) electrons.